The second kappa shape index (κ2) is 7.66. The zero-order chi connectivity index (χ0) is 6.95. The van der Waals surface area contributed by atoms with Gasteiger partial charge in [0.25, 0.3) is 0 Å². The summed E-state index contributed by atoms with van der Waals surface area (Å²) in [6.07, 6.45) is 4.64. The number of hydrogen-bond acceptors (Lipinski definition) is 2. The van der Waals surface area contributed by atoms with Gasteiger partial charge in [0.05, 0.1) is 0 Å². The van der Waals surface area contributed by atoms with Crippen LogP contribution in [-0.2, 0) is 9.36 Å². The molecule has 0 aromatic rings. The second-order valence-corrected chi connectivity index (χ2v) is 2.03. The van der Waals surface area contributed by atoms with Crippen molar-refractivity contribution in [1.82, 2.24) is 0 Å². The first-order chi connectivity index (χ1) is 4.41. The molecule has 0 aliphatic heterocycles. The molecule has 0 bridgehead atoms. The van der Waals surface area contributed by atoms with E-state index in [9.17, 15) is 4.70 Å². The van der Waals surface area contributed by atoms with Crippen LogP contribution in [0.2, 0.25) is 0 Å². The van der Waals surface area contributed by atoms with Crippen LogP contribution in [0, 0.1) is 0 Å². The van der Waals surface area contributed by atoms with Gasteiger partial charge in [-0.25, -0.2) is 0 Å². The monoisotopic (exact) mass is 128 g/mol. The summed E-state index contributed by atoms with van der Waals surface area (Å²) in [7, 11) is 0.506. The van der Waals surface area contributed by atoms with E-state index in [0.717, 1.165) is 6.42 Å². The Labute approximate surface area is 56.9 Å². The molecule has 0 spiro atoms. The predicted molar refractivity (Wildman–Crippen MR) is 36.5 cm³/mol. The average Bonchev–Trinajstić information content (AvgIpc) is 1.89. The Morgan fingerprint density at radius 2 is 2.11 bits per heavy atom. The standard InChI is InChI=1S/C6H13BO2/c1-2-3-4-5-6-9-7-8/h2-6H2,1H3. The third-order valence-corrected chi connectivity index (χ3v) is 1.18. The van der Waals surface area contributed by atoms with E-state index in [1.54, 1.807) is 0 Å². The molecule has 52 valence electrons. The number of hydrogen-bond donors (Lipinski definition) is 0. The van der Waals surface area contributed by atoms with Gasteiger partial charge in [-0.3, -0.25) is 0 Å². The molecule has 3 heteroatoms. The van der Waals surface area contributed by atoms with Gasteiger partial charge in [0.15, 0.2) is 0 Å². The van der Waals surface area contributed by atoms with Crippen LogP contribution in [-0.4, -0.2) is 14.0 Å². The van der Waals surface area contributed by atoms with E-state index in [1.165, 1.54) is 19.3 Å². The van der Waals surface area contributed by atoms with Crippen molar-refractivity contribution >= 4 is 7.35 Å². The number of rotatable bonds is 6. The summed E-state index contributed by atoms with van der Waals surface area (Å²) in [5, 5.41) is 0. The van der Waals surface area contributed by atoms with Gasteiger partial charge in [0.1, 0.15) is 0 Å². The zero-order valence-electron chi connectivity index (χ0n) is 5.93. The predicted octanol–water partition coefficient (Wildman–Crippen LogP) is 1.55. The van der Waals surface area contributed by atoms with E-state index in [4.69, 9.17) is 0 Å². The third-order valence-electron chi connectivity index (χ3n) is 1.18. The van der Waals surface area contributed by atoms with Crippen molar-refractivity contribution in [1.29, 1.82) is 0 Å². The molecule has 0 aromatic heterocycles. The van der Waals surface area contributed by atoms with Crippen molar-refractivity contribution in [3.05, 3.63) is 0 Å². The van der Waals surface area contributed by atoms with Crippen molar-refractivity contribution in [2.24, 2.45) is 0 Å². The van der Waals surface area contributed by atoms with Crippen LogP contribution < -0.4 is 0 Å². The molecule has 0 amide bonds. The Kier molecular flexibility index (Phi) is 7.38. The van der Waals surface area contributed by atoms with Crippen LogP contribution in [0.1, 0.15) is 32.6 Å². The maximum atomic E-state index is 9.62. The summed E-state index contributed by atoms with van der Waals surface area (Å²) >= 11 is 0. The zero-order valence-corrected chi connectivity index (χ0v) is 5.93. The van der Waals surface area contributed by atoms with Gasteiger partial charge in [-0.15, -0.1) is 0 Å². The normalized spacial score (nSPS) is 8.56. The molecular weight excluding hydrogens is 115 g/mol. The molecular formula is C6H13BO2. The van der Waals surface area contributed by atoms with Gasteiger partial charge in [0, 0.05) is 0 Å². The minimum absolute atomic E-state index is 0.506. The summed E-state index contributed by atoms with van der Waals surface area (Å²) in [6, 6.07) is 0. The van der Waals surface area contributed by atoms with Crippen LogP contribution in [0.4, 0.5) is 0 Å². The van der Waals surface area contributed by atoms with Crippen molar-refractivity contribution in [2.75, 3.05) is 6.61 Å². The van der Waals surface area contributed by atoms with Crippen LogP contribution in [0.3, 0.4) is 0 Å². The van der Waals surface area contributed by atoms with Crippen LogP contribution in [0.25, 0.3) is 0 Å². The first-order valence-electron chi connectivity index (χ1n) is 3.47. The van der Waals surface area contributed by atoms with Gasteiger partial charge < -0.3 is 0 Å². The quantitative estimate of drug-likeness (QED) is 0.400. The van der Waals surface area contributed by atoms with E-state index >= 15 is 0 Å². The summed E-state index contributed by atoms with van der Waals surface area (Å²) < 4.78 is 14.1. The fourth-order valence-corrected chi connectivity index (χ4v) is 0.660. The average molecular weight is 128 g/mol. The van der Waals surface area contributed by atoms with Gasteiger partial charge in [-0.2, -0.15) is 0 Å². The van der Waals surface area contributed by atoms with E-state index in [2.05, 4.69) is 11.6 Å². The van der Waals surface area contributed by atoms with Gasteiger partial charge in [-0.1, -0.05) is 0 Å². The molecule has 0 aromatic carbocycles. The molecule has 0 aliphatic rings. The Bertz CT molecular complexity index is 66.1. The first kappa shape index (κ1) is 8.66. The molecule has 0 heterocycles. The Morgan fingerprint density at radius 1 is 1.33 bits per heavy atom. The summed E-state index contributed by atoms with van der Waals surface area (Å²) in [4.78, 5) is 0. The molecule has 0 N–H and O–H groups in total. The molecule has 0 atom stereocenters. The van der Waals surface area contributed by atoms with Gasteiger partial charge >= 0.3 is 55.9 Å². The Balaban J connectivity index is 2.66. The van der Waals surface area contributed by atoms with E-state index < -0.39 is 0 Å². The van der Waals surface area contributed by atoms with Crippen LogP contribution >= 0.6 is 0 Å². The summed E-state index contributed by atoms with van der Waals surface area (Å²) in [5.41, 5.74) is 0. The maximum absolute atomic E-state index is 9.62. The molecule has 0 rings (SSSR count). The van der Waals surface area contributed by atoms with Crippen LogP contribution in [0.5, 0.6) is 0 Å². The van der Waals surface area contributed by atoms with E-state index in [1.807, 2.05) is 0 Å². The van der Waals surface area contributed by atoms with Crippen molar-refractivity contribution in [2.45, 2.75) is 32.6 Å². The van der Waals surface area contributed by atoms with Crippen molar-refractivity contribution in [3.8, 4) is 0 Å². The molecule has 0 radical (unpaired) electrons. The molecule has 0 unspecified atom stereocenters. The fraction of sp³-hybridized carbons (Fsp3) is 1.00. The number of unbranched alkanes of at least 4 members (excludes halogenated alkanes) is 3. The molecule has 0 saturated heterocycles. The Morgan fingerprint density at radius 3 is 2.67 bits per heavy atom. The fourth-order valence-electron chi connectivity index (χ4n) is 0.660. The van der Waals surface area contributed by atoms with Gasteiger partial charge in [0.2, 0.25) is 0 Å². The second-order valence-electron chi connectivity index (χ2n) is 2.03. The van der Waals surface area contributed by atoms with Gasteiger partial charge in [-0.05, 0) is 0 Å². The molecule has 0 aliphatic carbocycles. The summed E-state index contributed by atoms with van der Waals surface area (Å²) in [6.45, 7) is 2.74. The van der Waals surface area contributed by atoms with Crippen molar-refractivity contribution < 1.29 is 9.36 Å². The molecule has 0 fully saturated rings. The Hall–Kier alpha value is -0.335. The molecule has 9 heavy (non-hydrogen) atoms. The van der Waals surface area contributed by atoms with Crippen molar-refractivity contribution in [3.63, 3.8) is 0 Å². The van der Waals surface area contributed by atoms with E-state index in [-0.39, 0.29) is 0 Å². The minimum atomic E-state index is 0.506. The van der Waals surface area contributed by atoms with E-state index in [0.29, 0.717) is 14.0 Å². The van der Waals surface area contributed by atoms with Crippen LogP contribution in [0.15, 0.2) is 0 Å². The molecule has 2 nitrogen and oxygen atoms in total. The SMILES string of the molecule is CCCCCCOB=O. The topological polar surface area (TPSA) is 26.3 Å². The summed E-state index contributed by atoms with van der Waals surface area (Å²) in [5.74, 6) is 0. The first-order valence-corrected chi connectivity index (χ1v) is 3.47. The molecule has 0 saturated carbocycles. The third kappa shape index (κ3) is 7.66.